The van der Waals surface area contributed by atoms with Crippen LogP contribution in [0.25, 0.3) is 0 Å². The molecule has 18 heavy (non-hydrogen) atoms. The molecular formula is C15H14O3. The maximum absolute atomic E-state index is 11.9. The molecule has 2 N–H and O–H groups in total. The van der Waals surface area contributed by atoms with Gasteiger partial charge in [0.25, 0.3) is 0 Å². The van der Waals surface area contributed by atoms with Gasteiger partial charge in [0.15, 0.2) is 11.4 Å². The summed E-state index contributed by atoms with van der Waals surface area (Å²) in [6.07, 6.45) is 0. The van der Waals surface area contributed by atoms with Crippen molar-refractivity contribution in [3.05, 3.63) is 65.7 Å². The van der Waals surface area contributed by atoms with Crippen molar-refractivity contribution in [2.24, 2.45) is 0 Å². The molecule has 0 aromatic heterocycles. The summed E-state index contributed by atoms with van der Waals surface area (Å²) in [6, 6.07) is 14.9. The molecular weight excluding hydrogens is 228 g/mol. The summed E-state index contributed by atoms with van der Waals surface area (Å²) < 4.78 is 0. The van der Waals surface area contributed by atoms with E-state index in [4.69, 9.17) is 0 Å². The number of aliphatic hydroxyl groups is 1. The van der Waals surface area contributed by atoms with Gasteiger partial charge in [-0.05, 0) is 18.6 Å². The first kappa shape index (κ1) is 12.3. The van der Waals surface area contributed by atoms with Crippen LogP contribution in [0, 0.1) is 0 Å². The van der Waals surface area contributed by atoms with Gasteiger partial charge in [-0.3, -0.25) is 4.79 Å². The molecule has 2 aromatic carbocycles. The minimum absolute atomic E-state index is 0.0981. The number of hydrogen-bond acceptors (Lipinski definition) is 3. The third-order valence-electron chi connectivity index (χ3n) is 2.99. The van der Waals surface area contributed by atoms with E-state index in [2.05, 4.69) is 0 Å². The van der Waals surface area contributed by atoms with Crippen molar-refractivity contribution in [3.63, 3.8) is 0 Å². The highest BCUT2D eigenvalue weighted by Crippen LogP contribution is 2.35. The average Bonchev–Trinajstić information content (AvgIpc) is 2.39. The highest BCUT2D eigenvalue weighted by molar-refractivity contribution is 5.90. The van der Waals surface area contributed by atoms with Crippen LogP contribution in [-0.2, 0) is 10.4 Å². The van der Waals surface area contributed by atoms with Gasteiger partial charge in [-0.1, -0.05) is 48.5 Å². The Hall–Kier alpha value is -2.13. The van der Waals surface area contributed by atoms with E-state index < -0.39 is 11.4 Å². The average molecular weight is 242 g/mol. The second-order valence-corrected chi connectivity index (χ2v) is 4.15. The molecule has 3 heteroatoms. The minimum Gasteiger partial charge on any atom is -0.508 e. The van der Waals surface area contributed by atoms with Crippen molar-refractivity contribution in [2.45, 2.75) is 12.5 Å². The maximum Gasteiger partial charge on any atom is 0.176 e. The Bertz CT molecular complexity index is 563. The van der Waals surface area contributed by atoms with Crippen LogP contribution >= 0.6 is 0 Å². The van der Waals surface area contributed by atoms with Crippen LogP contribution in [0.4, 0.5) is 0 Å². The van der Waals surface area contributed by atoms with Crippen molar-refractivity contribution in [2.75, 3.05) is 0 Å². The van der Waals surface area contributed by atoms with Crippen molar-refractivity contribution >= 4 is 5.78 Å². The summed E-state index contributed by atoms with van der Waals surface area (Å²) in [7, 11) is 0. The number of carbonyl (C=O) groups excluding carboxylic acids is 1. The van der Waals surface area contributed by atoms with Crippen molar-refractivity contribution < 1.29 is 15.0 Å². The Morgan fingerprint density at radius 3 is 2.11 bits per heavy atom. The van der Waals surface area contributed by atoms with Gasteiger partial charge in [0.1, 0.15) is 5.75 Å². The lowest BCUT2D eigenvalue weighted by atomic mass is 9.83. The molecule has 2 aromatic rings. The Morgan fingerprint density at radius 1 is 1.00 bits per heavy atom. The number of para-hydroxylation sites is 1. The second kappa shape index (κ2) is 4.63. The van der Waals surface area contributed by atoms with E-state index >= 15 is 0 Å². The fraction of sp³-hybridized carbons (Fsp3) is 0.133. The monoisotopic (exact) mass is 242 g/mol. The van der Waals surface area contributed by atoms with Gasteiger partial charge >= 0.3 is 0 Å². The molecule has 1 atom stereocenters. The standard InChI is InChI=1S/C15H14O3/c1-11(16)15(18,12-7-3-2-4-8-12)13-9-5-6-10-14(13)17/h2-10,17-18H,1H3. The SMILES string of the molecule is CC(=O)C(O)(c1ccccc1)c1ccccc1O. The topological polar surface area (TPSA) is 57.5 Å². The molecule has 1 unspecified atom stereocenters. The lowest BCUT2D eigenvalue weighted by Crippen LogP contribution is -2.35. The highest BCUT2D eigenvalue weighted by Gasteiger charge is 2.38. The molecule has 0 aliphatic rings. The van der Waals surface area contributed by atoms with Crippen LogP contribution in [-0.4, -0.2) is 16.0 Å². The molecule has 0 spiro atoms. The van der Waals surface area contributed by atoms with E-state index in [1.54, 1.807) is 48.5 Å². The maximum atomic E-state index is 11.9. The molecule has 0 heterocycles. The van der Waals surface area contributed by atoms with Crippen LogP contribution in [0.3, 0.4) is 0 Å². The molecule has 0 amide bonds. The zero-order chi connectivity index (χ0) is 13.2. The number of carbonyl (C=O) groups is 1. The molecule has 0 radical (unpaired) electrons. The fourth-order valence-corrected chi connectivity index (χ4v) is 2.01. The number of ketones is 1. The largest absolute Gasteiger partial charge is 0.508 e. The third kappa shape index (κ3) is 1.89. The van der Waals surface area contributed by atoms with E-state index in [0.29, 0.717) is 5.56 Å². The van der Waals surface area contributed by atoms with Gasteiger partial charge in [-0.25, -0.2) is 0 Å². The lowest BCUT2D eigenvalue weighted by Gasteiger charge is -2.27. The van der Waals surface area contributed by atoms with Crippen LogP contribution in [0.5, 0.6) is 5.75 Å². The Balaban J connectivity index is 2.67. The van der Waals surface area contributed by atoms with Crippen LogP contribution < -0.4 is 0 Å². The van der Waals surface area contributed by atoms with Crippen molar-refractivity contribution in [1.82, 2.24) is 0 Å². The van der Waals surface area contributed by atoms with Crippen LogP contribution in [0.15, 0.2) is 54.6 Å². The van der Waals surface area contributed by atoms with Crippen LogP contribution in [0.1, 0.15) is 18.1 Å². The Kier molecular flexibility index (Phi) is 3.17. The number of aromatic hydroxyl groups is 1. The summed E-state index contributed by atoms with van der Waals surface area (Å²) in [4.78, 5) is 11.9. The first-order valence-electron chi connectivity index (χ1n) is 5.64. The minimum atomic E-state index is -1.81. The predicted molar refractivity (Wildman–Crippen MR) is 68.2 cm³/mol. The molecule has 0 saturated carbocycles. The summed E-state index contributed by atoms with van der Waals surface area (Å²) in [5.41, 5.74) is -1.17. The molecule has 0 saturated heterocycles. The number of benzene rings is 2. The van der Waals surface area contributed by atoms with Gasteiger partial charge in [0.2, 0.25) is 0 Å². The van der Waals surface area contributed by atoms with Gasteiger partial charge in [0.05, 0.1) is 0 Å². The first-order valence-corrected chi connectivity index (χ1v) is 5.64. The van der Waals surface area contributed by atoms with E-state index in [0.717, 1.165) is 0 Å². The smallest absolute Gasteiger partial charge is 0.176 e. The molecule has 3 nitrogen and oxygen atoms in total. The quantitative estimate of drug-likeness (QED) is 0.867. The van der Waals surface area contributed by atoms with Gasteiger partial charge < -0.3 is 10.2 Å². The summed E-state index contributed by atoms with van der Waals surface area (Å²) in [5.74, 6) is -0.533. The van der Waals surface area contributed by atoms with Crippen molar-refractivity contribution in [1.29, 1.82) is 0 Å². The normalized spacial score (nSPS) is 13.9. The van der Waals surface area contributed by atoms with Crippen LogP contribution in [0.2, 0.25) is 0 Å². The zero-order valence-electron chi connectivity index (χ0n) is 10.00. The summed E-state index contributed by atoms with van der Waals surface area (Å²) in [5, 5.41) is 20.5. The molecule has 2 rings (SSSR count). The number of rotatable bonds is 3. The van der Waals surface area contributed by atoms with Gasteiger partial charge in [-0.15, -0.1) is 0 Å². The fourth-order valence-electron chi connectivity index (χ4n) is 2.01. The third-order valence-corrected chi connectivity index (χ3v) is 2.99. The first-order chi connectivity index (χ1) is 8.56. The summed E-state index contributed by atoms with van der Waals surface area (Å²) in [6.45, 7) is 1.30. The number of phenolic OH excluding ortho intramolecular Hbond substituents is 1. The van der Waals surface area contributed by atoms with Crippen molar-refractivity contribution in [3.8, 4) is 5.75 Å². The zero-order valence-corrected chi connectivity index (χ0v) is 10.00. The lowest BCUT2D eigenvalue weighted by molar-refractivity contribution is -0.132. The Labute approximate surface area is 105 Å². The van der Waals surface area contributed by atoms with E-state index in [9.17, 15) is 15.0 Å². The van der Waals surface area contributed by atoms with E-state index in [1.165, 1.54) is 13.0 Å². The molecule has 0 bridgehead atoms. The van der Waals surface area contributed by atoms with E-state index in [1.807, 2.05) is 0 Å². The molecule has 0 aliphatic heterocycles. The number of hydrogen-bond donors (Lipinski definition) is 2. The number of phenols is 1. The molecule has 0 aliphatic carbocycles. The van der Waals surface area contributed by atoms with Gasteiger partial charge in [0, 0.05) is 5.56 Å². The van der Waals surface area contributed by atoms with Gasteiger partial charge in [-0.2, -0.15) is 0 Å². The molecule has 92 valence electrons. The molecule has 0 fully saturated rings. The highest BCUT2D eigenvalue weighted by atomic mass is 16.3. The predicted octanol–water partition coefficient (Wildman–Crippen LogP) is 2.22. The summed E-state index contributed by atoms with van der Waals surface area (Å²) >= 11 is 0. The Morgan fingerprint density at radius 2 is 1.56 bits per heavy atom. The van der Waals surface area contributed by atoms with E-state index in [-0.39, 0.29) is 11.3 Å². The number of Topliss-reactive ketones (excluding diaryl/α,β-unsaturated/α-hetero) is 1. The second-order valence-electron chi connectivity index (χ2n) is 4.15.